The molecule has 5 nitrogen and oxygen atoms in total. The second kappa shape index (κ2) is 5.85. The average molecular weight is 296 g/mol. The van der Waals surface area contributed by atoms with Crippen molar-refractivity contribution in [2.75, 3.05) is 26.2 Å². The van der Waals surface area contributed by atoms with E-state index in [-0.39, 0.29) is 17.4 Å². The van der Waals surface area contributed by atoms with Crippen molar-refractivity contribution in [2.24, 2.45) is 5.41 Å². The van der Waals surface area contributed by atoms with Crippen LogP contribution in [0.5, 0.6) is 0 Å². The molecule has 0 radical (unpaired) electrons. The molecule has 21 heavy (non-hydrogen) atoms. The summed E-state index contributed by atoms with van der Waals surface area (Å²) in [5.41, 5.74) is -0.390. The summed E-state index contributed by atoms with van der Waals surface area (Å²) < 4.78 is 5.49. The van der Waals surface area contributed by atoms with Gasteiger partial charge in [-0.25, -0.2) is 4.79 Å². The van der Waals surface area contributed by atoms with E-state index in [1.54, 1.807) is 6.92 Å². The Labute approximate surface area is 127 Å². The van der Waals surface area contributed by atoms with Gasteiger partial charge in [0.15, 0.2) is 0 Å². The van der Waals surface area contributed by atoms with Gasteiger partial charge in [0.2, 0.25) is 5.91 Å². The Bertz CT molecular complexity index is 412. The van der Waals surface area contributed by atoms with Crippen molar-refractivity contribution >= 4 is 12.0 Å². The van der Waals surface area contributed by atoms with Crippen molar-refractivity contribution < 1.29 is 14.3 Å². The minimum Gasteiger partial charge on any atom is -0.444 e. The van der Waals surface area contributed by atoms with E-state index in [9.17, 15) is 9.59 Å². The predicted octanol–water partition coefficient (Wildman–Crippen LogP) is 2.65. The molecule has 2 amide bonds. The molecule has 0 aromatic heterocycles. The molecule has 0 N–H and O–H groups in total. The number of carbonyl (C=O) groups excluding carboxylic acids is 2. The van der Waals surface area contributed by atoms with Crippen molar-refractivity contribution in [3.8, 4) is 0 Å². The van der Waals surface area contributed by atoms with E-state index in [1.165, 1.54) is 0 Å². The zero-order chi connectivity index (χ0) is 15.7. The summed E-state index contributed by atoms with van der Waals surface area (Å²) in [5.74, 6) is 0.142. The molecule has 2 aliphatic rings. The van der Waals surface area contributed by atoms with E-state index in [0.29, 0.717) is 6.54 Å². The molecule has 2 rings (SSSR count). The van der Waals surface area contributed by atoms with Gasteiger partial charge >= 0.3 is 6.09 Å². The number of amides is 2. The number of ether oxygens (including phenoxy) is 1. The van der Waals surface area contributed by atoms with Crippen molar-refractivity contribution in [2.45, 2.75) is 59.0 Å². The zero-order valence-corrected chi connectivity index (χ0v) is 13.8. The number of carbonyl (C=O) groups is 2. The fourth-order valence-electron chi connectivity index (χ4n) is 3.50. The molecule has 0 bridgehead atoms. The van der Waals surface area contributed by atoms with Crippen LogP contribution in [0.25, 0.3) is 0 Å². The Kier molecular flexibility index (Phi) is 4.49. The van der Waals surface area contributed by atoms with Gasteiger partial charge in [0.1, 0.15) is 5.60 Å². The highest BCUT2D eigenvalue weighted by Gasteiger charge is 2.41. The molecule has 0 aromatic rings. The van der Waals surface area contributed by atoms with Gasteiger partial charge in [-0.2, -0.15) is 0 Å². The maximum absolute atomic E-state index is 12.3. The molecule has 5 heteroatoms. The van der Waals surface area contributed by atoms with Crippen molar-refractivity contribution in [3.63, 3.8) is 0 Å². The minimum atomic E-state index is -0.459. The number of hydrogen-bond acceptors (Lipinski definition) is 3. The molecular weight excluding hydrogens is 268 g/mol. The van der Waals surface area contributed by atoms with Crippen LogP contribution in [0.1, 0.15) is 53.4 Å². The van der Waals surface area contributed by atoms with Crippen LogP contribution < -0.4 is 0 Å². The third-order valence-electron chi connectivity index (χ3n) is 4.42. The molecule has 1 atom stereocenters. The van der Waals surface area contributed by atoms with Crippen LogP contribution >= 0.6 is 0 Å². The van der Waals surface area contributed by atoms with E-state index in [4.69, 9.17) is 4.74 Å². The lowest BCUT2D eigenvalue weighted by Gasteiger charge is -2.48. The van der Waals surface area contributed by atoms with Gasteiger partial charge in [-0.1, -0.05) is 0 Å². The molecular formula is C16H28N2O3. The largest absolute Gasteiger partial charge is 0.444 e. The van der Waals surface area contributed by atoms with Crippen molar-refractivity contribution in [3.05, 3.63) is 0 Å². The fourth-order valence-corrected chi connectivity index (χ4v) is 3.50. The lowest BCUT2D eigenvalue weighted by Crippen LogP contribution is -2.55. The number of likely N-dealkylation sites (tertiary alicyclic amines) is 2. The highest BCUT2D eigenvalue weighted by molar-refractivity contribution is 5.73. The maximum atomic E-state index is 12.3. The van der Waals surface area contributed by atoms with E-state index < -0.39 is 5.60 Å². The Hall–Kier alpha value is -1.26. The molecule has 0 saturated carbocycles. The van der Waals surface area contributed by atoms with Crippen LogP contribution in [-0.4, -0.2) is 53.6 Å². The Morgan fingerprint density at radius 1 is 1.00 bits per heavy atom. The summed E-state index contributed by atoms with van der Waals surface area (Å²) in [5, 5.41) is 0. The summed E-state index contributed by atoms with van der Waals surface area (Å²) in [6, 6.07) is 0. The third kappa shape index (κ3) is 4.11. The summed E-state index contributed by atoms with van der Waals surface area (Å²) in [6.07, 6.45) is 3.99. The van der Waals surface area contributed by atoms with Crippen LogP contribution in [0.4, 0.5) is 4.79 Å². The number of rotatable bonds is 0. The van der Waals surface area contributed by atoms with E-state index >= 15 is 0 Å². The highest BCUT2D eigenvalue weighted by Crippen LogP contribution is 2.38. The summed E-state index contributed by atoms with van der Waals surface area (Å²) in [6.45, 7) is 10.4. The molecule has 0 aliphatic carbocycles. The van der Waals surface area contributed by atoms with E-state index in [0.717, 1.165) is 45.3 Å². The fraction of sp³-hybridized carbons (Fsp3) is 0.875. The molecule has 0 aromatic carbocycles. The first-order valence-electron chi connectivity index (χ1n) is 7.94. The van der Waals surface area contributed by atoms with Crippen LogP contribution in [0.15, 0.2) is 0 Å². The standard InChI is InChI=1S/C16H28N2O3/c1-13(19)17-9-5-7-16(11-17)8-6-10-18(12-16)14(20)21-15(2,3)4/h5-12H2,1-4H3. The Balaban J connectivity index is 2.02. The van der Waals surface area contributed by atoms with Crippen LogP contribution in [0, 0.1) is 5.41 Å². The summed E-state index contributed by atoms with van der Waals surface area (Å²) in [7, 11) is 0. The second-order valence-corrected chi connectivity index (χ2v) is 7.55. The van der Waals surface area contributed by atoms with Gasteiger partial charge in [-0.15, -0.1) is 0 Å². The minimum absolute atomic E-state index is 0.0685. The van der Waals surface area contributed by atoms with Gasteiger partial charge < -0.3 is 14.5 Å². The molecule has 2 fully saturated rings. The molecule has 2 heterocycles. The predicted molar refractivity (Wildman–Crippen MR) is 81.0 cm³/mol. The van der Waals surface area contributed by atoms with Gasteiger partial charge in [0, 0.05) is 38.5 Å². The SMILES string of the molecule is CC(=O)N1CCCC2(CCCN(C(=O)OC(C)(C)C)C2)C1. The summed E-state index contributed by atoms with van der Waals surface area (Å²) in [4.78, 5) is 27.7. The first kappa shape index (κ1) is 16.1. The van der Waals surface area contributed by atoms with Crippen molar-refractivity contribution in [1.29, 1.82) is 0 Å². The Morgan fingerprint density at radius 2 is 1.52 bits per heavy atom. The van der Waals surface area contributed by atoms with Gasteiger partial charge in [0.05, 0.1) is 0 Å². The van der Waals surface area contributed by atoms with Crippen LogP contribution in [0.2, 0.25) is 0 Å². The van der Waals surface area contributed by atoms with Gasteiger partial charge in [-0.3, -0.25) is 4.79 Å². The zero-order valence-electron chi connectivity index (χ0n) is 13.8. The average Bonchev–Trinajstić information content (AvgIpc) is 2.37. The van der Waals surface area contributed by atoms with E-state index in [2.05, 4.69) is 0 Å². The first-order chi connectivity index (χ1) is 9.71. The molecule has 120 valence electrons. The molecule has 2 saturated heterocycles. The van der Waals surface area contributed by atoms with E-state index in [1.807, 2.05) is 30.6 Å². The molecule has 1 spiro atoms. The van der Waals surface area contributed by atoms with Gasteiger partial charge in [0.25, 0.3) is 0 Å². The lowest BCUT2D eigenvalue weighted by molar-refractivity contribution is -0.133. The monoisotopic (exact) mass is 296 g/mol. The number of piperidine rings is 2. The smallest absolute Gasteiger partial charge is 0.410 e. The van der Waals surface area contributed by atoms with Crippen molar-refractivity contribution in [1.82, 2.24) is 9.80 Å². The molecule has 2 aliphatic heterocycles. The Morgan fingerprint density at radius 3 is 2.05 bits per heavy atom. The first-order valence-corrected chi connectivity index (χ1v) is 7.94. The topological polar surface area (TPSA) is 49.9 Å². The van der Waals surface area contributed by atoms with Gasteiger partial charge in [-0.05, 0) is 46.5 Å². The van der Waals surface area contributed by atoms with Crippen LogP contribution in [-0.2, 0) is 9.53 Å². The second-order valence-electron chi connectivity index (χ2n) is 7.55. The summed E-state index contributed by atoms with van der Waals surface area (Å²) >= 11 is 0. The lowest BCUT2D eigenvalue weighted by atomic mass is 9.74. The van der Waals surface area contributed by atoms with Crippen LogP contribution in [0.3, 0.4) is 0 Å². The third-order valence-corrected chi connectivity index (χ3v) is 4.42. The number of hydrogen-bond donors (Lipinski definition) is 0. The highest BCUT2D eigenvalue weighted by atomic mass is 16.6. The molecule has 1 unspecified atom stereocenters. The normalized spacial score (nSPS) is 26.9. The number of nitrogens with zero attached hydrogens (tertiary/aromatic N) is 2. The maximum Gasteiger partial charge on any atom is 0.410 e. The quantitative estimate of drug-likeness (QED) is 0.690.